The molecule has 1 atom stereocenters. The van der Waals surface area contributed by atoms with E-state index in [1.54, 1.807) is 13.8 Å². The molecule has 0 aromatic carbocycles. The van der Waals surface area contributed by atoms with Crippen LogP contribution in [-0.4, -0.2) is 34.1 Å². The van der Waals surface area contributed by atoms with Gasteiger partial charge in [0.2, 0.25) is 0 Å². The molecule has 0 radical (unpaired) electrons. The lowest BCUT2D eigenvalue weighted by Gasteiger charge is -2.04. The maximum absolute atomic E-state index is 11.3. The van der Waals surface area contributed by atoms with Crippen LogP contribution in [0.1, 0.15) is 31.2 Å². The number of nitrogens with zero attached hydrogens (tertiary/aromatic N) is 2. The minimum Gasteiger partial charge on any atom is -0.465 e. The highest BCUT2D eigenvalue weighted by Gasteiger charge is 2.19. The molecular weight excluding hydrogens is 244 g/mol. The number of ether oxygens (including phenoxy) is 1. The molecule has 6 heteroatoms. The number of aliphatic hydroxyl groups excluding tert-OH is 1. The predicted molar refractivity (Wildman–Crippen MR) is 64.1 cm³/mol. The van der Waals surface area contributed by atoms with E-state index in [9.17, 15) is 4.79 Å². The van der Waals surface area contributed by atoms with Crippen molar-refractivity contribution < 1.29 is 14.6 Å². The van der Waals surface area contributed by atoms with Crippen molar-refractivity contribution in [2.24, 2.45) is 0 Å². The van der Waals surface area contributed by atoms with Gasteiger partial charge >= 0.3 is 5.97 Å². The molecule has 0 aliphatic heterocycles. The molecule has 96 valence electrons. The van der Waals surface area contributed by atoms with Gasteiger partial charge < -0.3 is 9.84 Å². The third-order valence-corrected chi connectivity index (χ3v) is 2.95. The molecule has 5 nitrogen and oxygen atoms in total. The van der Waals surface area contributed by atoms with E-state index < -0.39 is 0 Å². The zero-order valence-electron chi connectivity index (χ0n) is 10.2. The molecule has 1 heterocycles. The minimum absolute atomic E-state index is 0.0322. The van der Waals surface area contributed by atoms with E-state index >= 15 is 0 Å². The van der Waals surface area contributed by atoms with Gasteiger partial charge in [-0.3, -0.25) is 9.48 Å². The fourth-order valence-electron chi connectivity index (χ4n) is 1.43. The van der Waals surface area contributed by atoms with Gasteiger partial charge in [0, 0.05) is 5.92 Å². The van der Waals surface area contributed by atoms with E-state index in [4.69, 9.17) is 21.4 Å². The van der Waals surface area contributed by atoms with Gasteiger partial charge in [0.05, 0.1) is 29.6 Å². The van der Waals surface area contributed by atoms with Crippen LogP contribution in [-0.2, 0) is 16.1 Å². The number of halogens is 1. The van der Waals surface area contributed by atoms with Crippen LogP contribution < -0.4 is 0 Å². The maximum atomic E-state index is 11.3. The Morgan fingerprint density at radius 1 is 1.65 bits per heavy atom. The number of hydrogen-bond donors (Lipinski definition) is 1. The molecule has 0 bridgehead atoms. The standard InChI is InChI=1S/C11H17ClN2O3/c1-4-17-9(16)5-14-8(3)10(12)11(13-14)7(2)6-15/h7,15H,4-6H2,1-3H3. The average Bonchev–Trinajstić information content (AvgIpc) is 2.57. The lowest BCUT2D eigenvalue weighted by atomic mass is 10.1. The molecule has 0 aliphatic rings. The Labute approximate surface area is 105 Å². The first-order valence-electron chi connectivity index (χ1n) is 5.50. The van der Waals surface area contributed by atoms with Crippen LogP contribution >= 0.6 is 11.6 Å². The highest BCUT2D eigenvalue weighted by Crippen LogP contribution is 2.26. The number of esters is 1. The van der Waals surface area contributed by atoms with Gasteiger partial charge in [0.15, 0.2) is 0 Å². The Hall–Kier alpha value is -1.07. The summed E-state index contributed by atoms with van der Waals surface area (Å²) < 4.78 is 6.35. The number of aliphatic hydroxyl groups is 1. The molecule has 0 aliphatic carbocycles. The molecule has 0 saturated heterocycles. The lowest BCUT2D eigenvalue weighted by molar-refractivity contribution is -0.144. The van der Waals surface area contributed by atoms with Crippen molar-refractivity contribution in [2.75, 3.05) is 13.2 Å². The molecule has 1 aromatic heterocycles. The van der Waals surface area contributed by atoms with Gasteiger partial charge in [0.25, 0.3) is 0 Å². The van der Waals surface area contributed by atoms with Crippen molar-refractivity contribution in [1.82, 2.24) is 9.78 Å². The van der Waals surface area contributed by atoms with Crippen LogP contribution in [0.5, 0.6) is 0 Å². The van der Waals surface area contributed by atoms with Gasteiger partial charge in [-0.2, -0.15) is 5.10 Å². The molecule has 0 saturated carbocycles. The first kappa shape index (κ1) is 14.0. The molecule has 0 spiro atoms. The first-order valence-corrected chi connectivity index (χ1v) is 5.88. The summed E-state index contributed by atoms with van der Waals surface area (Å²) in [7, 11) is 0. The monoisotopic (exact) mass is 260 g/mol. The SMILES string of the molecule is CCOC(=O)Cn1nc(C(C)CO)c(Cl)c1C. The summed E-state index contributed by atoms with van der Waals surface area (Å²) in [5, 5.41) is 13.8. The van der Waals surface area contributed by atoms with Gasteiger partial charge in [0.1, 0.15) is 6.54 Å². The smallest absolute Gasteiger partial charge is 0.327 e. The van der Waals surface area contributed by atoms with Gasteiger partial charge in [-0.15, -0.1) is 0 Å². The third-order valence-electron chi connectivity index (χ3n) is 2.48. The number of hydrogen-bond acceptors (Lipinski definition) is 4. The Balaban J connectivity index is 2.91. The van der Waals surface area contributed by atoms with E-state index in [0.717, 1.165) is 0 Å². The number of rotatable bonds is 5. The Bertz CT molecular complexity index is 404. The molecule has 0 amide bonds. The predicted octanol–water partition coefficient (Wildman–Crippen LogP) is 1.50. The van der Waals surface area contributed by atoms with Crippen molar-refractivity contribution in [3.63, 3.8) is 0 Å². The van der Waals surface area contributed by atoms with E-state index in [-0.39, 0.29) is 25.0 Å². The quantitative estimate of drug-likeness (QED) is 0.815. The second-order valence-corrected chi connectivity index (χ2v) is 4.21. The van der Waals surface area contributed by atoms with Crippen molar-refractivity contribution in [1.29, 1.82) is 0 Å². The highest BCUT2D eigenvalue weighted by atomic mass is 35.5. The van der Waals surface area contributed by atoms with Crippen molar-refractivity contribution in [3.05, 3.63) is 16.4 Å². The molecular formula is C11H17ClN2O3. The second-order valence-electron chi connectivity index (χ2n) is 3.83. The summed E-state index contributed by atoms with van der Waals surface area (Å²) in [6, 6.07) is 0. The third kappa shape index (κ3) is 3.20. The minimum atomic E-state index is -0.349. The van der Waals surface area contributed by atoms with E-state index in [2.05, 4.69) is 5.10 Å². The lowest BCUT2D eigenvalue weighted by Crippen LogP contribution is -2.15. The summed E-state index contributed by atoms with van der Waals surface area (Å²) in [6.45, 7) is 5.70. The average molecular weight is 261 g/mol. The number of carbonyl (C=O) groups is 1. The molecule has 1 aromatic rings. The van der Waals surface area contributed by atoms with Gasteiger partial charge in [-0.1, -0.05) is 18.5 Å². The maximum Gasteiger partial charge on any atom is 0.327 e. The Kier molecular flexibility index (Phi) is 4.96. The van der Waals surface area contributed by atoms with Crippen molar-refractivity contribution in [2.45, 2.75) is 33.2 Å². The number of carbonyl (C=O) groups excluding carboxylic acids is 1. The van der Waals surface area contributed by atoms with E-state index in [1.807, 2.05) is 6.92 Å². The summed E-state index contributed by atoms with van der Waals surface area (Å²) in [5.41, 5.74) is 1.31. The largest absolute Gasteiger partial charge is 0.465 e. The van der Waals surface area contributed by atoms with Crippen LogP contribution in [0.25, 0.3) is 0 Å². The van der Waals surface area contributed by atoms with Gasteiger partial charge in [-0.25, -0.2) is 0 Å². The Morgan fingerprint density at radius 3 is 2.82 bits per heavy atom. The zero-order chi connectivity index (χ0) is 13.0. The van der Waals surface area contributed by atoms with Crippen LogP contribution in [0, 0.1) is 6.92 Å². The Morgan fingerprint density at radius 2 is 2.29 bits per heavy atom. The molecule has 17 heavy (non-hydrogen) atoms. The van der Waals surface area contributed by atoms with Gasteiger partial charge in [-0.05, 0) is 13.8 Å². The first-order chi connectivity index (χ1) is 8.01. The van der Waals surface area contributed by atoms with E-state index in [0.29, 0.717) is 23.0 Å². The summed E-state index contributed by atoms with van der Waals surface area (Å²) in [5.74, 6) is -0.498. The van der Waals surface area contributed by atoms with Crippen LogP contribution in [0.4, 0.5) is 0 Å². The van der Waals surface area contributed by atoms with Crippen molar-refractivity contribution in [3.8, 4) is 0 Å². The molecule has 1 unspecified atom stereocenters. The topological polar surface area (TPSA) is 64.4 Å². The van der Waals surface area contributed by atoms with E-state index in [1.165, 1.54) is 4.68 Å². The second kappa shape index (κ2) is 6.02. The van der Waals surface area contributed by atoms with Crippen LogP contribution in [0.3, 0.4) is 0 Å². The normalized spacial score (nSPS) is 12.5. The molecule has 0 fully saturated rings. The zero-order valence-corrected chi connectivity index (χ0v) is 11.0. The molecule has 1 N–H and O–H groups in total. The van der Waals surface area contributed by atoms with Crippen LogP contribution in [0.15, 0.2) is 0 Å². The number of aromatic nitrogens is 2. The highest BCUT2D eigenvalue weighted by molar-refractivity contribution is 6.31. The fraction of sp³-hybridized carbons (Fsp3) is 0.636. The molecule has 1 rings (SSSR count). The van der Waals surface area contributed by atoms with Crippen LogP contribution in [0.2, 0.25) is 5.02 Å². The summed E-state index contributed by atoms with van der Waals surface area (Å²) in [6.07, 6.45) is 0. The fourth-order valence-corrected chi connectivity index (χ4v) is 1.75. The van der Waals surface area contributed by atoms with Crippen molar-refractivity contribution >= 4 is 17.6 Å². The summed E-state index contributed by atoms with van der Waals surface area (Å²) in [4.78, 5) is 11.3. The summed E-state index contributed by atoms with van der Waals surface area (Å²) >= 11 is 6.10.